The van der Waals surface area contributed by atoms with Crippen LogP contribution in [0.15, 0.2) is 11.8 Å². The van der Waals surface area contributed by atoms with Crippen molar-refractivity contribution in [2.75, 3.05) is 13.2 Å². The first kappa shape index (κ1) is 18.2. The maximum absolute atomic E-state index is 12.1. The Morgan fingerprint density at radius 2 is 1.81 bits per heavy atom. The molecule has 0 radical (unpaired) electrons. The third-order valence-electron chi connectivity index (χ3n) is 2.71. The summed E-state index contributed by atoms with van der Waals surface area (Å²) in [6.45, 7) is 5.09. The minimum absolute atomic E-state index is 0.0231. The van der Waals surface area contributed by atoms with Crippen molar-refractivity contribution in [3.05, 3.63) is 11.8 Å². The lowest BCUT2D eigenvalue weighted by Gasteiger charge is -2.30. The molecule has 0 unspecified atom stereocenters. The Morgan fingerprint density at radius 3 is 2.19 bits per heavy atom. The average Bonchev–Trinajstić information content (AvgIpc) is 2.80. The van der Waals surface area contributed by atoms with Crippen molar-refractivity contribution in [1.82, 2.24) is 0 Å². The molecule has 2 rings (SSSR count). The first-order valence-electron chi connectivity index (χ1n) is 6.63. The molecule has 124 valence electrons. The Kier molecular flexibility index (Phi) is 6.06. The molecule has 21 heavy (non-hydrogen) atoms. The number of halogens is 3. The molecule has 0 aromatic rings. The molecule has 0 amide bonds. The van der Waals surface area contributed by atoms with Crippen molar-refractivity contribution in [2.45, 2.75) is 50.8 Å². The normalized spacial score (nSPS) is 21.5. The van der Waals surface area contributed by atoms with E-state index in [4.69, 9.17) is 9.47 Å². The van der Waals surface area contributed by atoms with Gasteiger partial charge >= 0.3 is 15.6 Å². The Labute approximate surface area is 122 Å². The van der Waals surface area contributed by atoms with Crippen LogP contribution in [-0.4, -0.2) is 32.9 Å². The second kappa shape index (κ2) is 6.97. The van der Waals surface area contributed by atoms with E-state index >= 15 is 0 Å². The zero-order valence-electron chi connectivity index (χ0n) is 11.9. The lowest BCUT2D eigenvalue weighted by Crippen LogP contribution is -2.33. The van der Waals surface area contributed by atoms with Crippen molar-refractivity contribution in [3.63, 3.8) is 0 Å². The third-order valence-corrected chi connectivity index (χ3v) is 3.71. The van der Waals surface area contributed by atoms with Gasteiger partial charge in [-0.3, -0.25) is 0 Å². The third kappa shape index (κ3) is 4.86. The SMILES string of the molecule is CCC.O=S(=O)(OC1=CCC2(CC1)OCCO2)C(F)(F)F. The second-order valence-electron chi connectivity index (χ2n) is 4.67. The lowest BCUT2D eigenvalue weighted by molar-refractivity contribution is -0.163. The van der Waals surface area contributed by atoms with Crippen molar-refractivity contribution >= 4 is 10.1 Å². The van der Waals surface area contributed by atoms with Gasteiger partial charge in [-0.2, -0.15) is 21.6 Å². The summed E-state index contributed by atoms with van der Waals surface area (Å²) < 4.78 is 72.6. The number of hydrogen-bond acceptors (Lipinski definition) is 5. The van der Waals surface area contributed by atoms with Crippen LogP contribution in [0.2, 0.25) is 0 Å². The summed E-state index contributed by atoms with van der Waals surface area (Å²) in [6, 6.07) is 0. The molecule has 1 fully saturated rings. The van der Waals surface area contributed by atoms with Gasteiger partial charge in [0.25, 0.3) is 0 Å². The highest BCUT2D eigenvalue weighted by atomic mass is 32.2. The van der Waals surface area contributed by atoms with E-state index in [1.807, 2.05) is 0 Å². The van der Waals surface area contributed by atoms with Crippen molar-refractivity contribution in [1.29, 1.82) is 0 Å². The number of ether oxygens (including phenoxy) is 2. The minimum Gasteiger partial charge on any atom is -0.381 e. The molecule has 2 aliphatic rings. The molecule has 0 bridgehead atoms. The summed E-state index contributed by atoms with van der Waals surface area (Å²) in [5.41, 5.74) is -5.41. The summed E-state index contributed by atoms with van der Waals surface area (Å²) in [5, 5.41) is 0. The zero-order valence-corrected chi connectivity index (χ0v) is 12.7. The molecular formula is C12H19F3O5S. The molecule has 1 spiro atoms. The molecule has 0 N–H and O–H groups in total. The van der Waals surface area contributed by atoms with Crippen molar-refractivity contribution in [2.24, 2.45) is 0 Å². The molecule has 0 aromatic heterocycles. The fraction of sp³-hybridized carbons (Fsp3) is 0.833. The van der Waals surface area contributed by atoms with Gasteiger partial charge in [0.05, 0.1) is 13.2 Å². The van der Waals surface area contributed by atoms with Gasteiger partial charge in [0.15, 0.2) is 5.79 Å². The second-order valence-corrected chi connectivity index (χ2v) is 6.21. The predicted molar refractivity (Wildman–Crippen MR) is 68.6 cm³/mol. The highest BCUT2D eigenvalue weighted by Crippen LogP contribution is 2.37. The van der Waals surface area contributed by atoms with E-state index in [1.54, 1.807) is 0 Å². The van der Waals surface area contributed by atoms with Crippen LogP contribution in [0.5, 0.6) is 0 Å². The van der Waals surface area contributed by atoms with Crippen molar-refractivity contribution < 1.29 is 35.2 Å². The Hall–Kier alpha value is -0.800. The summed E-state index contributed by atoms with van der Waals surface area (Å²) in [5.74, 6) is -1.05. The number of hydrogen-bond donors (Lipinski definition) is 0. The monoisotopic (exact) mass is 332 g/mol. The van der Waals surface area contributed by atoms with E-state index in [0.717, 1.165) is 0 Å². The fourth-order valence-electron chi connectivity index (χ4n) is 1.81. The fourth-order valence-corrected chi connectivity index (χ4v) is 2.34. The van der Waals surface area contributed by atoms with Crippen LogP contribution in [0.1, 0.15) is 39.5 Å². The number of rotatable bonds is 2. The Bertz CT molecular complexity index is 464. The molecule has 5 nitrogen and oxygen atoms in total. The van der Waals surface area contributed by atoms with Gasteiger partial charge in [0.1, 0.15) is 5.76 Å². The number of alkyl halides is 3. The molecule has 1 aliphatic carbocycles. The number of allylic oxidation sites excluding steroid dienone is 1. The van der Waals surface area contributed by atoms with E-state index in [1.165, 1.54) is 12.5 Å². The summed E-state index contributed by atoms with van der Waals surface area (Å²) in [4.78, 5) is 0. The molecule has 0 atom stereocenters. The smallest absolute Gasteiger partial charge is 0.381 e. The van der Waals surface area contributed by atoms with Gasteiger partial charge in [-0.1, -0.05) is 20.3 Å². The summed E-state index contributed by atoms with van der Waals surface area (Å²) >= 11 is 0. The van der Waals surface area contributed by atoms with Crippen LogP contribution < -0.4 is 0 Å². The molecular weight excluding hydrogens is 313 g/mol. The topological polar surface area (TPSA) is 61.8 Å². The summed E-state index contributed by atoms with van der Waals surface area (Å²) in [6.07, 6.45) is 2.98. The van der Waals surface area contributed by atoms with Crippen LogP contribution in [0, 0.1) is 0 Å². The van der Waals surface area contributed by atoms with E-state index < -0.39 is 21.4 Å². The quantitative estimate of drug-likeness (QED) is 0.574. The molecule has 1 aliphatic heterocycles. The van der Waals surface area contributed by atoms with Gasteiger partial charge in [0.2, 0.25) is 0 Å². The van der Waals surface area contributed by atoms with Gasteiger partial charge in [-0.05, 0) is 6.08 Å². The van der Waals surface area contributed by atoms with E-state index in [0.29, 0.717) is 13.2 Å². The van der Waals surface area contributed by atoms with Gasteiger partial charge in [-0.15, -0.1) is 0 Å². The molecule has 1 saturated heterocycles. The van der Waals surface area contributed by atoms with Crippen LogP contribution in [0.3, 0.4) is 0 Å². The molecule has 0 aromatic carbocycles. The average molecular weight is 332 g/mol. The molecule has 1 heterocycles. The minimum atomic E-state index is -5.58. The van der Waals surface area contributed by atoms with Crippen LogP contribution in [0.4, 0.5) is 13.2 Å². The van der Waals surface area contributed by atoms with E-state index in [9.17, 15) is 21.6 Å². The van der Waals surface area contributed by atoms with E-state index in [-0.39, 0.29) is 25.0 Å². The van der Waals surface area contributed by atoms with Gasteiger partial charge in [0, 0.05) is 19.3 Å². The van der Waals surface area contributed by atoms with Gasteiger partial charge < -0.3 is 13.7 Å². The maximum Gasteiger partial charge on any atom is 0.534 e. The van der Waals surface area contributed by atoms with Crippen LogP contribution >= 0.6 is 0 Å². The largest absolute Gasteiger partial charge is 0.534 e. The Morgan fingerprint density at radius 1 is 1.29 bits per heavy atom. The lowest BCUT2D eigenvalue weighted by atomic mass is 9.99. The van der Waals surface area contributed by atoms with Gasteiger partial charge in [-0.25, -0.2) is 0 Å². The molecule has 0 saturated carbocycles. The first-order chi connectivity index (χ1) is 9.66. The van der Waals surface area contributed by atoms with Crippen molar-refractivity contribution in [3.8, 4) is 0 Å². The van der Waals surface area contributed by atoms with Crippen LogP contribution in [-0.2, 0) is 23.8 Å². The molecule has 9 heteroatoms. The zero-order chi connectivity index (χ0) is 16.1. The van der Waals surface area contributed by atoms with E-state index in [2.05, 4.69) is 18.0 Å². The Balaban J connectivity index is 0.000000677. The maximum atomic E-state index is 12.1. The highest BCUT2D eigenvalue weighted by Gasteiger charge is 2.49. The van der Waals surface area contributed by atoms with Crippen LogP contribution in [0.25, 0.3) is 0 Å². The predicted octanol–water partition coefficient (Wildman–Crippen LogP) is 3.08. The first-order valence-corrected chi connectivity index (χ1v) is 8.04. The highest BCUT2D eigenvalue weighted by molar-refractivity contribution is 7.87. The standard InChI is InChI=1S/C9H11F3O5S.C3H8/c10-9(11,12)18(13,14)17-7-1-3-8(4-2-7)15-5-6-16-8;1-3-2/h1H,2-6H2;3H2,1-2H3. The summed E-state index contributed by atoms with van der Waals surface area (Å²) in [7, 11) is -5.58.